The molecule has 210 valence electrons. The van der Waals surface area contributed by atoms with E-state index >= 15 is 0 Å². The lowest BCUT2D eigenvalue weighted by atomic mass is 9.85. The lowest BCUT2D eigenvalue weighted by Gasteiger charge is -2.38. The molecule has 1 N–H and O–H groups in total. The van der Waals surface area contributed by atoms with Gasteiger partial charge in [0.1, 0.15) is 22.4 Å². The number of benzene rings is 1. The molecule has 3 heterocycles. The van der Waals surface area contributed by atoms with Gasteiger partial charge in [-0.3, -0.25) is 14.3 Å². The van der Waals surface area contributed by atoms with Crippen LogP contribution in [0.2, 0.25) is 0 Å². The molecule has 4 rings (SSSR count). The molecule has 0 saturated heterocycles. The summed E-state index contributed by atoms with van der Waals surface area (Å²) in [5.41, 5.74) is 0.730. The van der Waals surface area contributed by atoms with Gasteiger partial charge in [-0.1, -0.05) is 45.7 Å². The molecule has 0 amide bonds. The lowest BCUT2D eigenvalue weighted by Crippen LogP contribution is -2.35. The zero-order valence-corrected chi connectivity index (χ0v) is 23.7. The first-order chi connectivity index (χ1) is 18.3. The second-order valence-electron chi connectivity index (χ2n) is 12.3. The molecule has 2 aromatic heterocycles. The van der Waals surface area contributed by atoms with Crippen molar-refractivity contribution >= 4 is 22.8 Å². The Morgan fingerprint density at radius 2 is 1.79 bits per heavy atom. The Morgan fingerprint density at radius 3 is 2.46 bits per heavy atom. The zero-order chi connectivity index (χ0) is 28.5. The molecule has 39 heavy (non-hydrogen) atoms. The third-order valence-electron chi connectivity index (χ3n) is 6.92. The number of carboxylic acids is 1. The van der Waals surface area contributed by atoms with Crippen LogP contribution in [-0.4, -0.2) is 43.6 Å². The number of fused-ring (bicyclic) bond motifs is 5. The van der Waals surface area contributed by atoms with E-state index in [0.29, 0.717) is 36.5 Å². The Balaban J connectivity index is 1.50. The minimum absolute atomic E-state index is 0.0990. The second-order valence-corrected chi connectivity index (χ2v) is 12.3. The van der Waals surface area contributed by atoms with E-state index in [9.17, 15) is 19.5 Å². The maximum absolute atomic E-state index is 12.7. The summed E-state index contributed by atoms with van der Waals surface area (Å²) in [6, 6.07) is 7.07. The average molecular weight is 538 g/mol. The molecule has 0 radical (unpaired) electrons. The smallest absolute Gasteiger partial charge is 0.341 e. The molecule has 9 heteroatoms. The summed E-state index contributed by atoms with van der Waals surface area (Å²) in [7, 11) is 0. The monoisotopic (exact) mass is 537 g/mol. The third-order valence-corrected chi connectivity index (χ3v) is 6.92. The SMILES string of the molecule is CC(C)(C)OC(=O)CCCCCCOc1cccc2c3n(nc12)C[C@@H](C(C)(C)C)n1cc(C(=O)O)c(=O)cc1-3. The van der Waals surface area contributed by atoms with Gasteiger partial charge in [-0.2, -0.15) is 5.10 Å². The van der Waals surface area contributed by atoms with Crippen LogP contribution in [0.4, 0.5) is 0 Å². The molecule has 3 aromatic rings. The number of carboxylic acid groups (broad SMARTS) is 1. The second kappa shape index (κ2) is 10.9. The van der Waals surface area contributed by atoms with Crippen molar-refractivity contribution in [1.82, 2.24) is 14.3 Å². The normalized spacial score (nSPS) is 15.1. The van der Waals surface area contributed by atoms with E-state index in [-0.39, 0.29) is 23.0 Å². The first-order valence-electron chi connectivity index (χ1n) is 13.6. The minimum Gasteiger partial charge on any atom is -0.491 e. The maximum atomic E-state index is 12.7. The molecule has 9 nitrogen and oxygen atoms in total. The first kappa shape index (κ1) is 28.4. The molecular weight excluding hydrogens is 498 g/mol. The van der Waals surface area contributed by atoms with Gasteiger partial charge in [-0.15, -0.1) is 0 Å². The highest BCUT2D eigenvalue weighted by atomic mass is 16.6. The zero-order valence-electron chi connectivity index (χ0n) is 23.7. The van der Waals surface area contributed by atoms with E-state index in [4.69, 9.17) is 14.6 Å². The van der Waals surface area contributed by atoms with E-state index in [1.165, 1.54) is 12.3 Å². The lowest BCUT2D eigenvalue weighted by molar-refractivity contribution is -0.154. The first-order valence-corrected chi connectivity index (χ1v) is 13.6. The van der Waals surface area contributed by atoms with Crippen LogP contribution in [0.15, 0.2) is 35.3 Å². The van der Waals surface area contributed by atoms with E-state index in [2.05, 4.69) is 20.8 Å². The number of hydrogen-bond acceptors (Lipinski definition) is 6. The van der Waals surface area contributed by atoms with Gasteiger partial charge in [0, 0.05) is 24.1 Å². The molecule has 1 atom stereocenters. The van der Waals surface area contributed by atoms with E-state index in [1.54, 1.807) is 0 Å². The highest BCUT2D eigenvalue weighted by molar-refractivity contribution is 5.96. The Morgan fingerprint density at radius 1 is 1.08 bits per heavy atom. The largest absolute Gasteiger partial charge is 0.491 e. The maximum Gasteiger partial charge on any atom is 0.341 e. The molecule has 1 aromatic carbocycles. The highest BCUT2D eigenvalue weighted by Crippen LogP contribution is 2.43. The number of rotatable bonds is 9. The van der Waals surface area contributed by atoms with Crippen LogP contribution < -0.4 is 10.2 Å². The van der Waals surface area contributed by atoms with Crippen LogP contribution >= 0.6 is 0 Å². The van der Waals surface area contributed by atoms with Crippen LogP contribution in [0, 0.1) is 5.41 Å². The number of esters is 1. The number of carbonyl (C=O) groups is 2. The number of aromatic nitrogens is 3. The van der Waals surface area contributed by atoms with Gasteiger partial charge < -0.3 is 19.1 Å². The van der Waals surface area contributed by atoms with Gasteiger partial charge in [0.05, 0.1) is 30.6 Å². The molecule has 0 fully saturated rings. The molecule has 0 bridgehead atoms. The molecule has 0 saturated carbocycles. The topological polar surface area (TPSA) is 113 Å². The van der Waals surface area contributed by atoms with Gasteiger partial charge in [0.25, 0.3) is 0 Å². The molecule has 0 unspecified atom stereocenters. The predicted molar refractivity (Wildman–Crippen MR) is 149 cm³/mol. The summed E-state index contributed by atoms with van der Waals surface area (Å²) in [5.74, 6) is -0.718. The van der Waals surface area contributed by atoms with Crippen molar-refractivity contribution in [1.29, 1.82) is 0 Å². The van der Waals surface area contributed by atoms with Gasteiger partial charge in [0.15, 0.2) is 5.43 Å². The van der Waals surface area contributed by atoms with E-state index < -0.39 is 17.0 Å². The van der Waals surface area contributed by atoms with Gasteiger partial charge >= 0.3 is 11.9 Å². The van der Waals surface area contributed by atoms with E-state index in [0.717, 1.165) is 36.8 Å². The fourth-order valence-corrected chi connectivity index (χ4v) is 5.05. The number of ether oxygens (including phenoxy) is 2. The number of pyridine rings is 1. The Labute approximate surface area is 228 Å². The van der Waals surface area contributed by atoms with Crippen LogP contribution in [0.3, 0.4) is 0 Å². The number of carbonyl (C=O) groups excluding carboxylic acids is 1. The number of unbranched alkanes of at least 4 members (excludes halogenated alkanes) is 3. The summed E-state index contributed by atoms with van der Waals surface area (Å²) < 4.78 is 15.3. The summed E-state index contributed by atoms with van der Waals surface area (Å²) >= 11 is 0. The number of nitrogens with zero attached hydrogens (tertiary/aromatic N) is 3. The molecule has 0 spiro atoms. The summed E-state index contributed by atoms with van der Waals surface area (Å²) in [6.07, 6.45) is 5.39. The van der Waals surface area contributed by atoms with Gasteiger partial charge in [0.2, 0.25) is 0 Å². The fraction of sp³-hybridized carbons (Fsp3) is 0.533. The van der Waals surface area contributed by atoms with Crippen molar-refractivity contribution < 1.29 is 24.2 Å². The Hall–Kier alpha value is -3.62. The summed E-state index contributed by atoms with van der Waals surface area (Å²) in [4.78, 5) is 36.3. The highest BCUT2D eigenvalue weighted by Gasteiger charge is 2.35. The van der Waals surface area contributed by atoms with Crippen molar-refractivity contribution in [2.45, 2.75) is 91.8 Å². The summed E-state index contributed by atoms with van der Waals surface area (Å²) in [6.45, 7) is 13.0. The summed E-state index contributed by atoms with van der Waals surface area (Å²) in [5, 5.41) is 15.3. The van der Waals surface area contributed by atoms with Crippen LogP contribution in [0.5, 0.6) is 5.75 Å². The van der Waals surface area contributed by atoms with Crippen molar-refractivity contribution in [2.24, 2.45) is 5.41 Å². The quantitative estimate of drug-likeness (QED) is 0.270. The van der Waals surface area contributed by atoms with Crippen molar-refractivity contribution in [3.05, 3.63) is 46.2 Å². The average Bonchev–Trinajstić information content (AvgIpc) is 3.20. The Kier molecular flexibility index (Phi) is 7.91. The molecule has 1 aliphatic rings. The fourth-order valence-electron chi connectivity index (χ4n) is 5.05. The van der Waals surface area contributed by atoms with E-state index in [1.807, 2.05) is 48.2 Å². The van der Waals surface area contributed by atoms with Crippen molar-refractivity contribution in [2.75, 3.05) is 6.61 Å². The van der Waals surface area contributed by atoms with Gasteiger partial charge in [-0.05, 0) is 45.1 Å². The van der Waals surface area contributed by atoms with Crippen LogP contribution in [-0.2, 0) is 16.1 Å². The third kappa shape index (κ3) is 6.34. The van der Waals surface area contributed by atoms with Gasteiger partial charge in [-0.25, -0.2) is 4.79 Å². The molecule has 1 aliphatic heterocycles. The van der Waals surface area contributed by atoms with Crippen LogP contribution in [0.25, 0.3) is 22.3 Å². The molecular formula is C30H39N3O6. The minimum atomic E-state index is -1.23. The van der Waals surface area contributed by atoms with Crippen LogP contribution in [0.1, 0.15) is 90.0 Å². The standard InChI is InChI=1S/C30H39N3O6/c1-29(2,3)24-18-33-27(21-16-22(34)20(28(36)37)17-32(21)24)19-12-11-13-23(26(19)31-33)38-15-10-8-7-9-14-25(35)39-30(4,5)6/h11-13,16-17,24H,7-10,14-15,18H2,1-6H3,(H,36,37)/t24-/m0/s1. The van der Waals surface area contributed by atoms with Crippen molar-refractivity contribution in [3.8, 4) is 17.1 Å². The number of hydrogen-bond donors (Lipinski definition) is 1. The number of aromatic carboxylic acids is 1. The molecule has 0 aliphatic carbocycles. The Bertz CT molecular complexity index is 1440. The van der Waals surface area contributed by atoms with Crippen molar-refractivity contribution in [3.63, 3.8) is 0 Å². The predicted octanol–water partition coefficient (Wildman–Crippen LogP) is 5.84.